The molecule has 1 atom stereocenters. The van der Waals surface area contributed by atoms with Crippen molar-refractivity contribution in [3.8, 4) is 0 Å². The summed E-state index contributed by atoms with van der Waals surface area (Å²) in [5.41, 5.74) is 3.26. The van der Waals surface area contributed by atoms with Crippen LogP contribution in [0.2, 0.25) is 0 Å². The van der Waals surface area contributed by atoms with Gasteiger partial charge in [-0.05, 0) is 54.6 Å². The Morgan fingerprint density at radius 3 is 2.73 bits per heavy atom. The molecule has 0 aromatic heterocycles. The van der Waals surface area contributed by atoms with Gasteiger partial charge in [0.25, 0.3) is 0 Å². The largest absolute Gasteiger partial charge is 0.467 e. The fraction of sp³-hybridized carbons (Fsp3) is 0.368. The molecule has 1 aliphatic carbocycles. The highest BCUT2D eigenvalue weighted by atomic mass is 79.9. The molecule has 0 radical (unpaired) electrons. The van der Waals surface area contributed by atoms with Crippen LogP contribution in [0.1, 0.15) is 32.3 Å². The van der Waals surface area contributed by atoms with Gasteiger partial charge >= 0.3 is 0 Å². The molecule has 0 fully saturated rings. The zero-order valence-corrected chi connectivity index (χ0v) is 14.8. The molecule has 0 bridgehead atoms. The Hall–Kier alpha value is -1.48. The zero-order chi connectivity index (χ0) is 15.5. The molecule has 0 saturated heterocycles. The number of allylic oxidation sites excluding steroid dienone is 5. The molecule has 1 aromatic rings. The molecule has 1 aromatic carbocycles. The van der Waals surface area contributed by atoms with E-state index in [1.807, 2.05) is 0 Å². The summed E-state index contributed by atoms with van der Waals surface area (Å²) in [5, 5.41) is 0. The van der Waals surface area contributed by atoms with E-state index in [2.05, 4.69) is 84.2 Å². The molecule has 0 N–H and O–H groups in total. The van der Waals surface area contributed by atoms with Crippen molar-refractivity contribution < 1.29 is 4.74 Å². The number of halogens is 1. The van der Waals surface area contributed by atoms with Gasteiger partial charge in [-0.1, -0.05) is 34.1 Å². The van der Waals surface area contributed by atoms with Gasteiger partial charge in [-0.2, -0.15) is 0 Å². The van der Waals surface area contributed by atoms with Crippen LogP contribution in [0.4, 0.5) is 5.69 Å². The van der Waals surface area contributed by atoms with E-state index in [1.54, 1.807) is 0 Å². The lowest BCUT2D eigenvalue weighted by atomic mass is 9.76. The first-order chi connectivity index (χ1) is 10.5. The molecule has 3 aliphatic rings. The highest BCUT2D eigenvalue weighted by molar-refractivity contribution is 9.11. The number of rotatable bonds is 0. The number of para-hydroxylation sites is 1. The Labute approximate surface area is 140 Å². The average molecular weight is 358 g/mol. The van der Waals surface area contributed by atoms with E-state index in [1.165, 1.54) is 21.3 Å². The maximum Gasteiger partial charge on any atom is 0.211 e. The standard InChI is InChI=1S/C19H20BrNO/c1-18(2)15-6-4-5-7-16(15)21(3)19(18)11-10-13-12-14(20)8-9-17(13)22-19/h4-7,10-12H,8-9H2,1-3H3/t19-/m1/s1. The van der Waals surface area contributed by atoms with Crippen LogP contribution in [0, 0.1) is 0 Å². The minimum absolute atomic E-state index is 0.105. The lowest BCUT2D eigenvalue weighted by Crippen LogP contribution is -2.55. The highest BCUT2D eigenvalue weighted by Crippen LogP contribution is 2.55. The molecule has 0 unspecified atom stereocenters. The summed E-state index contributed by atoms with van der Waals surface area (Å²) in [6.45, 7) is 4.56. The van der Waals surface area contributed by atoms with Crippen molar-refractivity contribution in [2.75, 3.05) is 11.9 Å². The van der Waals surface area contributed by atoms with E-state index < -0.39 is 5.72 Å². The van der Waals surface area contributed by atoms with Crippen LogP contribution in [-0.4, -0.2) is 12.8 Å². The average Bonchev–Trinajstić information content (AvgIpc) is 2.67. The number of anilines is 1. The van der Waals surface area contributed by atoms with Crippen LogP contribution in [-0.2, 0) is 10.2 Å². The quantitative estimate of drug-likeness (QED) is 0.645. The molecule has 2 heterocycles. The first kappa shape index (κ1) is 14.1. The van der Waals surface area contributed by atoms with Gasteiger partial charge in [0, 0.05) is 24.7 Å². The van der Waals surface area contributed by atoms with Gasteiger partial charge in [-0.3, -0.25) is 0 Å². The van der Waals surface area contributed by atoms with Crippen molar-refractivity contribution >= 4 is 21.6 Å². The number of benzene rings is 1. The summed E-state index contributed by atoms with van der Waals surface area (Å²) < 4.78 is 7.90. The van der Waals surface area contributed by atoms with Gasteiger partial charge in [0.2, 0.25) is 5.72 Å². The van der Waals surface area contributed by atoms with Crippen molar-refractivity contribution in [1.82, 2.24) is 0 Å². The van der Waals surface area contributed by atoms with Crippen LogP contribution < -0.4 is 4.90 Å². The Morgan fingerprint density at radius 1 is 1.18 bits per heavy atom. The van der Waals surface area contributed by atoms with E-state index in [0.717, 1.165) is 18.6 Å². The zero-order valence-electron chi connectivity index (χ0n) is 13.2. The third-order valence-corrected chi connectivity index (χ3v) is 5.95. The van der Waals surface area contributed by atoms with Crippen molar-refractivity contribution in [2.45, 2.75) is 37.8 Å². The molecular formula is C19H20BrNO. The van der Waals surface area contributed by atoms with Crippen LogP contribution in [0.15, 0.2) is 58.3 Å². The molecule has 2 aliphatic heterocycles. The third-order valence-electron chi connectivity index (χ3n) is 5.33. The summed E-state index contributed by atoms with van der Waals surface area (Å²) in [6, 6.07) is 8.62. The van der Waals surface area contributed by atoms with E-state index in [9.17, 15) is 0 Å². The minimum atomic E-state index is -0.437. The topological polar surface area (TPSA) is 12.5 Å². The Balaban J connectivity index is 1.83. The van der Waals surface area contributed by atoms with Gasteiger partial charge in [0.05, 0.1) is 5.41 Å². The Morgan fingerprint density at radius 2 is 1.95 bits per heavy atom. The molecule has 1 spiro atoms. The first-order valence-electron chi connectivity index (χ1n) is 7.76. The van der Waals surface area contributed by atoms with Crippen molar-refractivity contribution in [2.24, 2.45) is 0 Å². The van der Waals surface area contributed by atoms with E-state index in [4.69, 9.17) is 4.74 Å². The molecule has 3 heteroatoms. The van der Waals surface area contributed by atoms with Crippen LogP contribution in [0.5, 0.6) is 0 Å². The van der Waals surface area contributed by atoms with Crippen molar-refractivity contribution in [3.63, 3.8) is 0 Å². The fourth-order valence-electron chi connectivity index (χ4n) is 3.98. The predicted octanol–water partition coefficient (Wildman–Crippen LogP) is 5.02. The third kappa shape index (κ3) is 1.66. The first-order valence-corrected chi connectivity index (χ1v) is 8.56. The summed E-state index contributed by atoms with van der Waals surface area (Å²) in [6.07, 6.45) is 8.60. The number of hydrogen-bond donors (Lipinski definition) is 0. The van der Waals surface area contributed by atoms with Crippen molar-refractivity contribution in [3.05, 3.63) is 63.9 Å². The second-order valence-corrected chi connectivity index (χ2v) is 7.82. The maximum absolute atomic E-state index is 6.65. The van der Waals surface area contributed by atoms with Gasteiger partial charge in [-0.25, -0.2) is 0 Å². The number of fused-ring (bicyclic) bond motifs is 1. The second-order valence-electron chi connectivity index (χ2n) is 6.80. The highest BCUT2D eigenvalue weighted by Gasteiger charge is 2.57. The van der Waals surface area contributed by atoms with Crippen LogP contribution in [0.25, 0.3) is 0 Å². The van der Waals surface area contributed by atoms with Crippen LogP contribution >= 0.6 is 15.9 Å². The van der Waals surface area contributed by atoms with E-state index >= 15 is 0 Å². The summed E-state index contributed by atoms with van der Waals surface area (Å²) in [5.74, 6) is 1.11. The monoisotopic (exact) mass is 357 g/mol. The van der Waals surface area contributed by atoms with Crippen molar-refractivity contribution in [1.29, 1.82) is 0 Å². The maximum atomic E-state index is 6.65. The van der Waals surface area contributed by atoms with Gasteiger partial charge in [0.1, 0.15) is 5.76 Å². The smallest absolute Gasteiger partial charge is 0.211 e. The second kappa shape index (κ2) is 4.51. The molecule has 114 valence electrons. The predicted molar refractivity (Wildman–Crippen MR) is 94.1 cm³/mol. The summed E-state index contributed by atoms with van der Waals surface area (Å²) in [7, 11) is 2.14. The summed E-state index contributed by atoms with van der Waals surface area (Å²) >= 11 is 3.61. The lowest BCUT2D eigenvalue weighted by Gasteiger charge is -2.46. The number of nitrogens with zero attached hydrogens (tertiary/aromatic N) is 1. The fourth-order valence-corrected chi connectivity index (χ4v) is 4.42. The molecule has 0 saturated carbocycles. The van der Waals surface area contributed by atoms with Gasteiger partial charge in [-0.15, -0.1) is 0 Å². The molecule has 4 rings (SSSR count). The van der Waals surface area contributed by atoms with E-state index in [-0.39, 0.29) is 5.41 Å². The summed E-state index contributed by atoms with van der Waals surface area (Å²) in [4.78, 5) is 2.29. The van der Waals surface area contributed by atoms with E-state index in [0.29, 0.717) is 0 Å². The number of ether oxygens (including phenoxy) is 1. The van der Waals surface area contributed by atoms with Gasteiger partial charge in [0.15, 0.2) is 0 Å². The molecular weight excluding hydrogens is 338 g/mol. The van der Waals surface area contributed by atoms with Crippen LogP contribution in [0.3, 0.4) is 0 Å². The Bertz CT molecular complexity index is 744. The normalized spacial score (nSPS) is 28.4. The number of hydrogen-bond acceptors (Lipinski definition) is 2. The number of likely N-dealkylation sites (N-methyl/N-ethyl adjacent to an activating group) is 1. The molecule has 2 nitrogen and oxygen atoms in total. The SMILES string of the molecule is CN1c2ccccc2C(C)(C)[C@]12C=CC1=C(CCC(Br)=C1)O2. The lowest BCUT2D eigenvalue weighted by molar-refractivity contribution is -0.0105. The van der Waals surface area contributed by atoms with Gasteiger partial charge < -0.3 is 9.64 Å². The minimum Gasteiger partial charge on any atom is -0.467 e. The Kier molecular flexibility index (Phi) is 2.90. The molecule has 22 heavy (non-hydrogen) atoms. The molecule has 0 amide bonds.